The zero-order valence-corrected chi connectivity index (χ0v) is 17.0. The molecule has 3 N–H and O–H groups in total. The highest BCUT2D eigenvalue weighted by Crippen LogP contribution is 2.24. The van der Waals surface area contributed by atoms with Gasteiger partial charge in [-0.05, 0) is 47.9 Å². The highest BCUT2D eigenvalue weighted by Gasteiger charge is 2.27. The Bertz CT molecular complexity index is 838. The fraction of sp³-hybridized carbons (Fsp3) is 0.250. The second kappa shape index (κ2) is 10.1. The maximum absolute atomic E-state index is 12.3. The van der Waals surface area contributed by atoms with Crippen LogP contribution in [0.5, 0.6) is 0 Å². The summed E-state index contributed by atoms with van der Waals surface area (Å²) in [5, 5.41) is 2.63. The van der Waals surface area contributed by atoms with Crippen molar-refractivity contribution in [2.45, 2.75) is 30.6 Å². The lowest BCUT2D eigenvalue weighted by atomic mass is 10.1. The van der Waals surface area contributed by atoms with Crippen molar-refractivity contribution >= 4 is 41.3 Å². The molecule has 0 aliphatic rings. The number of thioether (sulfide) groups is 1. The number of nitrogens with two attached hydrogens (primary N) is 1. The number of benzene rings is 2. The smallest absolute Gasteiger partial charge is 0.338 e. The van der Waals surface area contributed by atoms with Crippen molar-refractivity contribution in [3.05, 3.63) is 64.7 Å². The average Bonchev–Trinajstić information content (AvgIpc) is 2.65. The number of ether oxygens (including phenoxy) is 1. The molecule has 0 unspecified atom stereocenters. The maximum atomic E-state index is 12.3. The average molecular weight is 421 g/mol. The second-order valence-electron chi connectivity index (χ2n) is 6.36. The summed E-state index contributed by atoms with van der Waals surface area (Å²) in [5.74, 6) is -0.979. The van der Waals surface area contributed by atoms with E-state index in [-0.39, 0.29) is 5.92 Å². The molecular formula is C20H21ClN2O4S. The molecule has 0 bridgehead atoms. The van der Waals surface area contributed by atoms with E-state index in [2.05, 4.69) is 0 Å². The van der Waals surface area contributed by atoms with Crippen molar-refractivity contribution in [1.29, 1.82) is 0 Å². The summed E-state index contributed by atoms with van der Waals surface area (Å²) < 4.78 is 5.26. The fourth-order valence-electron chi connectivity index (χ4n) is 2.30. The van der Waals surface area contributed by atoms with Crippen LogP contribution >= 0.6 is 23.4 Å². The van der Waals surface area contributed by atoms with Crippen LogP contribution in [0.4, 0.5) is 4.79 Å². The molecule has 0 saturated carbocycles. The van der Waals surface area contributed by atoms with Gasteiger partial charge < -0.3 is 10.5 Å². The molecule has 0 spiro atoms. The molecule has 0 aliphatic carbocycles. The van der Waals surface area contributed by atoms with Crippen molar-refractivity contribution in [1.82, 2.24) is 5.32 Å². The van der Waals surface area contributed by atoms with E-state index in [9.17, 15) is 14.4 Å². The molecule has 8 heteroatoms. The van der Waals surface area contributed by atoms with Crippen LogP contribution in [0, 0.1) is 5.92 Å². The first kappa shape index (κ1) is 21.8. The van der Waals surface area contributed by atoms with Gasteiger partial charge in [-0.3, -0.25) is 10.1 Å². The molecule has 2 rings (SSSR count). The van der Waals surface area contributed by atoms with Crippen LogP contribution in [-0.2, 0) is 15.3 Å². The second-order valence-corrected chi connectivity index (χ2v) is 7.85. The van der Waals surface area contributed by atoms with E-state index in [0.29, 0.717) is 10.6 Å². The van der Waals surface area contributed by atoms with Crippen LogP contribution in [0.3, 0.4) is 0 Å². The van der Waals surface area contributed by atoms with Gasteiger partial charge in [-0.25, -0.2) is 9.59 Å². The molecule has 0 saturated heterocycles. The van der Waals surface area contributed by atoms with Crippen LogP contribution < -0.4 is 11.1 Å². The van der Waals surface area contributed by atoms with Gasteiger partial charge in [0.05, 0.1) is 5.56 Å². The number of rotatable bonds is 7. The highest BCUT2D eigenvalue weighted by molar-refractivity contribution is 7.98. The molecular weight excluding hydrogens is 400 g/mol. The quantitative estimate of drug-likeness (QED) is 0.520. The first-order chi connectivity index (χ1) is 13.3. The first-order valence-electron chi connectivity index (χ1n) is 8.55. The largest absolute Gasteiger partial charge is 0.448 e. The Balaban J connectivity index is 1.97. The molecule has 0 fully saturated rings. The van der Waals surface area contributed by atoms with E-state index in [1.165, 1.54) is 0 Å². The van der Waals surface area contributed by atoms with E-state index in [1.807, 2.05) is 41.7 Å². The minimum atomic E-state index is -1.11. The fourth-order valence-corrected chi connectivity index (χ4v) is 3.28. The molecule has 2 aromatic rings. The van der Waals surface area contributed by atoms with Gasteiger partial charge in [0.25, 0.3) is 5.91 Å². The maximum Gasteiger partial charge on any atom is 0.338 e. The molecule has 1 atom stereocenters. The number of primary amides is 1. The number of urea groups is 1. The summed E-state index contributed by atoms with van der Waals surface area (Å²) in [7, 11) is 0. The number of nitrogens with one attached hydrogen (secondary N) is 1. The molecule has 3 amide bonds. The number of carbonyl (C=O) groups excluding carboxylic acids is 3. The monoisotopic (exact) mass is 420 g/mol. The van der Waals surface area contributed by atoms with Gasteiger partial charge in [-0.1, -0.05) is 37.6 Å². The lowest BCUT2D eigenvalue weighted by Gasteiger charge is -2.19. The normalized spacial score (nSPS) is 11.7. The standard InChI is InChI=1S/C20H21ClN2O4S/c1-12(2)17(18(24)23-20(22)26)27-19(25)14-5-3-13(4-6-14)11-28-16-9-7-15(21)8-10-16/h3-10,12,17H,11H2,1-2H3,(H3,22,23,24,26)/t17-/m0/s1. The minimum Gasteiger partial charge on any atom is -0.448 e. The Morgan fingerprint density at radius 2 is 1.68 bits per heavy atom. The Labute approximate surface area is 172 Å². The third-order valence-corrected chi connectivity index (χ3v) is 5.09. The van der Waals surface area contributed by atoms with Crippen molar-refractivity contribution < 1.29 is 19.1 Å². The van der Waals surface area contributed by atoms with Crippen molar-refractivity contribution in [2.75, 3.05) is 0 Å². The Kier molecular flexibility index (Phi) is 7.90. The van der Waals surface area contributed by atoms with Crippen molar-refractivity contribution in [3.63, 3.8) is 0 Å². The number of imide groups is 1. The zero-order valence-electron chi connectivity index (χ0n) is 15.5. The molecule has 6 nitrogen and oxygen atoms in total. The number of amides is 3. The van der Waals surface area contributed by atoms with E-state index in [1.54, 1.807) is 37.7 Å². The number of hydrogen-bond donors (Lipinski definition) is 2. The van der Waals surface area contributed by atoms with Gasteiger partial charge in [0.1, 0.15) is 0 Å². The van der Waals surface area contributed by atoms with Crippen molar-refractivity contribution in [2.24, 2.45) is 11.7 Å². The summed E-state index contributed by atoms with van der Waals surface area (Å²) in [6.07, 6.45) is -1.11. The summed E-state index contributed by atoms with van der Waals surface area (Å²) in [6, 6.07) is 13.5. The molecule has 0 aromatic heterocycles. The van der Waals surface area contributed by atoms with Crippen LogP contribution in [0.2, 0.25) is 5.02 Å². The van der Waals surface area contributed by atoms with E-state index in [4.69, 9.17) is 22.1 Å². The first-order valence-corrected chi connectivity index (χ1v) is 9.91. The Hall–Kier alpha value is -2.51. The van der Waals surface area contributed by atoms with Gasteiger partial charge in [0.15, 0.2) is 6.10 Å². The predicted molar refractivity (Wildman–Crippen MR) is 109 cm³/mol. The van der Waals surface area contributed by atoms with Gasteiger partial charge in [0, 0.05) is 15.7 Å². The number of hydrogen-bond acceptors (Lipinski definition) is 5. The third-order valence-electron chi connectivity index (χ3n) is 3.75. The highest BCUT2D eigenvalue weighted by atomic mass is 35.5. The van der Waals surface area contributed by atoms with Crippen LogP contribution in [0.25, 0.3) is 0 Å². The lowest BCUT2D eigenvalue weighted by Crippen LogP contribution is -2.45. The van der Waals surface area contributed by atoms with E-state index >= 15 is 0 Å². The number of esters is 1. The van der Waals surface area contributed by atoms with Crippen LogP contribution in [0.15, 0.2) is 53.4 Å². The van der Waals surface area contributed by atoms with E-state index in [0.717, 1.165) is 16.2 Å². The molecule has 148 valence electrons. The van der Waals surface area contributed by atoms with Gasteiger partial charge in [-0.2, -0.15) is 0 Å². The van der Waals surface area contributed by atoms with Crippen LogP contribution in [-0.4, -0.2) is 24.0 Å². The SMILES string of the molecule is CC(C)[C@H](OC(=O)c1ccc(CSc2ccc(Cl)cc2)cc1)C(=O)NC(N)=O. The number of halogens is 1. The van der Waals surface area contributed by atoms with Gasteiger partial charge in [0.2, 0.25) is 0 Å². The molecule has 28 heavy (non-hydrogen) atoms. The predicted octanol–water partition coefficient (Wildman–Crippen LogP) is 4.01. The molecule has 2 aromatic carbocycles. The van der Waals surface area contributed by atoms with Gasteiger partial charge >= 0.3 is 12.0 Å². The summed E-state index contributed by atoms with van der Waals surface area (Å²) >= 11 is 7.52. The third kappa shape index (κ3) is 6.58. The topological polar surface area (TPSA) is 98.5 Å². The Morgan fingerprint density at radius 1 is 1.07 bits per heavy atom. The lowest BCUT2D eigenvalue weighted by molar-refractivity contribution is -0.130. The molecule has 0 heterocycles. The molecule has 0 radical (unpaired) electrons. The van der Waals surface area contributed by atoms with E-state index < -0.39 is 24.0 Å². The van der Waals surface area contributed by atoms with Crippen molar-refractivity contribution in [3.8, 4) is 0 Å². The Morgan fingerprint density at radius 3 is 2.21 bits per heavy atom. The minimum absolute atomic E-state index is 0.317. The summed E-state index contributed by atoms with van der Waals surface area (Å²) in [6.45, 7) is 3.41. The van der Waals surface area contributed by atoms with Crippen LogP contribution in [0.1, 0.15) is 29.8 Å². The molecule has 0 aliphatic heterocycles. The summed E-state index contributed by atoms with van der Waals surface area (Å²) in [4.78, 5) is 36.2. The summed E-state index contributed by atoms with van der Waals surface area (Å²) in [5.41, 5.74) is 6.30. The zero-order chi connectivity index (χ0) is 20.7. The van der Waals surface area contributed by atoms with Gasteiger partial charge in [-0.15, -0.1) is 11.8 Å². The number of carbonyl (C=O) groups is 3.